The average molecular weight is 909 g/mol. The minimum absolute atomic E-state index is 0.204. The van der Waals surface area contributed by atoms with E-state index in [-0.39, 0.29) is 11.8 Å². The van der Waals surface area contributed by atoms with Gasteiger partial charge in [0.05, 0.1) is 6.61 Å². The monoisotopic (exact) mass is 909 g/mol. The molecule has 0 spiro atoms. The summed E-state index contributed by atoms with van der Waals surface area (Å²) >= 11 is 0. The molecule has 4 saturated heterocycles. The van der Waals surface area contributed by atoms with Crippen molar-refractivity contribution >= 4 is 22.6 Å². The normalized spacial score (nSPS) is 13.1. The van der Waals surface area contributed by atoms with E-state index in [2.05, 4.69) is 111 Å². The third kappa shape index (κ3) is 39.5. The molecule has 4 aliphatic rings. The van der Waals surface area contributed by atoms with Gasteiger partial charge in [0.2, 0.25) is 11.8 Å². The first kappa shape index (κ1) is 65.5. The molecule has 4 heterocycles. The number of benzene rings is 5. The SMILES string of the molecule is CC.CC.CC.CC.CC(=O)N1CC1.CC(=O)N1CCCC1.CN1CC1.CN1CCCC1.COCc1ccccc1.Cc1cccc2ccccc12.Cc1ccccc1.Cc1ccccc1. The topological polar surface area (TPSA) is 55.9 Å². The predicted octanol–water partition coefficient (Wildman–Crippen LogP) is 14.2. The number of likely N-dealkylation sites (tertiary alicyclic amines) is 2. The van der Waals surface area contributed by atoms with Crippen molar-refractivity contribution < 1.29 is 14.3 Å². The number of rotatable bonds is 2. The fraction of sp³-hybridized carbons (Fsp3) is 0.492. The van der Waals surface area contributed by atoms with Crippen LogP contribution in [0.4, 0.5) is 0 Å². The lowest BCUT2D eigenvalue weighted by atomic mass is 10.1. The molecule has 0 unspecified atom stereocenters. The zero-order valence-electron chi connectivity index (χ0n) is 44.9. The van der Waals surface area contributed by atoms with Gasteiger partial charge in [-0.05, 0) is 95.5 Å². The van der Waals surface area contributed by atoms with Crippen molar-refractivity contribution in [2.24, 2.45) is 0 Å². The van der Waals surface area contributed by atoms with Crippen molar-refractivity contribution in [2.45, 2.75) is 122 Å². The van der Waals surface area contributed by atoms with Gasteiger partial charge in [-0.15, -0.1) is 0 Å². The van der Waals surface area contributed by atoms with E-state index in [1.54, 1.807) is 25.9 Å². The minimum atomic E-state index is 0.204. The molecule has 5 aromatic carbocycles. The zero-order valence-corrected chi connectivity index (χ0v) is 44.9. The Morgan fingerprint density at radius 1 is 0.439 bits per heavy atom. The molecular formula is C59H96N4O3. The highest BCUT2D eigenvalue weighted by atomic mass is 16.5. The average Bonchev–Trinajstić information content (AvgIpc) is 4.26. The number of carbonyl (C=O) groups is 2. The van der Waals surface area contributed by atoms with E-state index in [0.29, 0.717) is 6.61 Å². The molecule has 0 radical (unpaired) electrons. The zero-order chi connectivity index (χ0) is 50.4. The first-order valence-corrected chi connectivity index (χ1v) is 24.9. The molecule has 5 aromatic rings. The van der Waals surface area contributed by atoms with Crippen molar-refractivity contribution in [3.8, 4) is 0 Å². The van der Waals surface area contributed by atoms with E-state index in [9.17, 15) is 9.59 Å². The first-order valence-electron chi connectivity index (χ1n) is 24.9. The summed E-state index contributed by atoms with van der Waals surface area (Å²) in [6.07, 6.45) is 5.21. The number of ether oxygens (including phenoxy) is 1. The second kappa shape index (κ2) is 46.7. The lowest BCUT2D eigenvalue weighted by Gasteiger charge is -2.10. The van der Waals surface area contributed by atoms with Crippen LogP contribution in [0.25, 0.3) is 10.8 Å². The highest BCUT2D eigenvalue weighted by Crippen LogP contribution is 2.16. The Balaban J connectivity index is -0.000000679. The van der Waals surface area contributed by atoms with Gasteiger partial charge in [-0.3, -0.25) is 9.59 Å². The molecule has 7 heteroatoms. The summed E-state index contributed by atoms with van der Waals surface area (Å²) in [4.78, 5) is 29.0. The molecular weight excluding hydrogens is 813 g/mol. The Kier molecular flexibility index (Phi) is 46.3. The predicted molar refractivity (Wildman–Crippen MR) is 292 cm³/mol. The quantitative estimate of drug-likeness (QED) is 0.165. The number of hydrogen-bond acceptors (Lipinski definition) is 5. The highest BCUT2D eigenvalue weighted by Gasteiger charge is 2.18. The molecule has 7 nitrogen and oxygen atoms in total. The summed E-state index contributed by atoms with van der Waals surface area (Å²) in [5.74, 6) is 0.428. The molecule has 4 aliphatic heterocycles. The number of likely N-dealkylation sites (N-methyl/N-ethyl adjacent to an activating group) is 1. The summed E-state index contributed by atoms with van der Waals surface area (Å²) in [6, 6.07) is 45.5. The fourth-order valence-electron chi connectivity index (χ4n) is 5.57. The molecule has 0 bridgehead atoms. The van der Waals surface area contributed by atoms with Gasteiger partial charge in [-0.1, -0.05) is 200 Å². The molecule has 370 valence electrons. The van der Waals surface area contributed by atoms with Crippen molar-refractivity contribution in [2.75, 3.05) is 73.6 Å². The molecule has 4 fully saturated rings. The molecule has 0 saturated carbocycles. The maximum atomic E-state index is 10.6. The smallest absolute Gasteiger partial charge is 0.219 e. The lowest BCUT2D eigenvalue weighted by molar-refractivity contribution is -0.127. The molecule has 0 N–H and O–H groups in total. The maximum absolute atomic E-state index is 10.6. The number of hydrogen-bond donors (Lipinski definition) is 0. The van der Waals surface area contributed by atoms with Crippen LogP contribution < -0.4 is 0 Å². The van der Waals surface area contributed by atoms with Crippen LogP contribution in [0.15, 0.2) is 133 Å². The van der Waals surface area contributed by atoms with E-state index >= 15 is 0 Å². The lowest BCUT2D eigenvalue weighted by Crippen LogP contribution is -2.24. The summed E-state index contributed by atoms with van der Waals surface area (Å²) in [5.41, 5.74) is 5.22. The summed E-state index contributed by atoms with van der Waals surface area (Å²) in [5, 5.41) is 2.68. The van der Waals surface area contributed by atoms with Crippen LogP contribution in [-0.2, 0) is 20.9 Å². The van der Waals surface area contributed by atoms with Crippen molar-refractivity contribution in [1.29, 1.82) is 0 Å². The van der Waals surface area contributed by atoms with Gasteiger partial charge in [-0.25, -0.2) is 0 Å². The van der Waals surface area contributed by atoms with Crippen LogP contribution in [0, 0.1) is 20.8 Å². The van der Waals surface area contributed by atoms with Gasteiger partial charge in [-0.2, -0.15) is 0 Å². The van der Waals surface area contributed by atoms with Gasteiger partial charge < -0.3 is 24.3 Å². The number of fused-ring (bicyclic) bond motifs is 1. The number of carbonyl (C=O) groups excluding carboxylic acids is 2. The van der Waals surface area contributed by atoms with Crippen LogP contribution in [0.1, 0.15) is 117 Å². The van der Waals surface area contributed by atoms with Gasteiger partial charge in [0, 0.05) is 60.2 Å². The molecule has 0 aromatic heterocycles. The Hall–Kier alpha value is -4.82. The molecule has 0 aliphatic carbocycles. The Morgan fingerprint density at radius 2 is 0.773 bits per heavy atom. The van der Waals surface area contributed by atoms with Crippen molar-refractivity contribution in [3.63, 3.8) is 0 Å². The summed E-state index contributed by atoms with van der Waals surface area (Å²) in [6.45, 7) is 35.4. The van der Waals surface area contributed by atoms with Crippen LogP contribution in [0.3, 0.4) is 0 Å². The van der Waals surface area contributed by atoms with Crippen molar-refractivity contribution in [3.05, 3.63) is 156 Å². The summed E-state index contributed by atoms with van der Waals surface area (Å²) in [7, 11) is 5.99. The van der Waals surface area contributed by atoms with E-state index < -0.39 is 0 Å². The Morgan fingerprint density at radius 3 is 1.05 bits per heavy atom. The van der Waals surface area contributed by atoms with E-state index in [0.717, 1.165) is 26.2 Å². The number of nitrogens with zero attached hydrogens (tertiary/aromatic N) is 4. The molecule has 66 heavy (non-hydrogen) atoms. The van der Waals surface area contributed by atoms with Crippen molar-refractivity contribution in [1.82, 2.24) is 19.6 Å². The van der Waals surface area contributed by atoms with Crippen LogP contribution in [-0.4, -0.2) is 105 Å². The van der Waals surface area contributed by atoms with E-state index in [1.807, 2.05) is 127 Å². The second-order valence-corrected chi connectivity index (χ2v) is 15.1. The third-order valence-corrected chi connectivity index (χ3v) is 9.49. The van der Waals surface area contributed by atoms with E-state index in [1.165, 1.54) is 84.9 Å². The number of aryl methyl sites for hydroxylation is 3. The number of amides is 2. The second-order valence-electron chi connectivity index (χ2n) is 15.1. The highest BCUT2D eigenvalue weighted by molar-refractivity contribution is 5.85. The minimum Gasteiger partial charge on any atom is -0.380 e. The van der Waals surface area contributed by atoms with Gasteiger partial charge >= 0.3 is 0 Å². The van der Waals surface area contributed by atoms with E-state index in [4.69, 9.17) is 4.74 Å². The standard InChI is InChI=1S/C11H10.C8H10O.2C7H8.C6H11NO.C5H11N.C4H7NO.C3H7N.4C2H6/c1-9-5-4-7-10-6-2-3-8-11(9)10;1-9-7-8-5-3-2-4-6-8;2*1-7-5-3-2-4-6-7;1-6(8)7-4-2-3-5-7;1-6-4-2-3-5-6;1-4(6)5-2-3-5;1-4-2-3-4;4*1-2/h2-8H,1H3;2-6H,7H2,1H3;2*2-6H,1H3;2-5H2,1H3;2-5H2,1H3;2-3H2,1H3;2-3H2,1H3;4*1-2H3. The summed E-state index contributed by atoms with van der Waals surface area (Å²) < 4.78 is 4.93. The van der Waals surface area contributed by atoms with Gasteiger partial charge in [0.1, 0.15) is 0 Å². The van der Waals surface area contributed by atoms with Gasteiger partial charge in [0.25, 0.3) is 0 Å². The fourth-order valence-corrected chi connectivity index (χ4v) is 5.57. The number of methoxy groups -OCH3 is 1. The van der Waals surface area contributed by atoms with Crippen LogP contribution in [0.2, 0.25) is 0 Å². The van der Waals surface area contributed by atoms with Gasteiger partial charge in [0.15, 0.2) is 0 Å². The largest absolute Gasteiger partial charge is 0.380 e. The van der Waals surface area contributed by atoms with Crippen LogP contribution >= 0.6 is 0 Å². The first-order chi connectivity index (χ1) is 32.0. The maximum Gasteiger partial charge on any atom is 0.219 e. The van der Waals surface area contributed by atoms with Crippen LogP contribution in [0.5, 0.6) is 0 Å². The molecule has 2 amide bonds. The Labute approximate surface area is 406 Å². The molecule has 0 atom stereocenters. The Bertz CT molecular complexity index is 1720. The molecule has 9 rings (SSSR count). The third-order valence-electron chi connectivity index (χ3n) is 9.49.